The highest BCUT2D eigenvalue weighted by atomic mass is 32.1. The van der Waals surface area contributed by atoms with Crippen molar-refractivity contribution in [1.29, 1.82) is 0 Å². The maximum Gasteiger partial charge on any atom is 0.263 e. The summed E-state index contributed by atoms with van der Waals surface area (Å²) in [5, 5.41) is 9.27. The lowest BCUT2D eigenvalue weighted by Gasteiger charge is -2.32. The van der Waals surface area contributed by atoms with Gasteiger partial charge in [0.2, 0.25) is 0 Å². The van der Waals surface area contributed by atoms with E-state index in [1.165, 1.54) is 11.3 Å². The molecular formula is C21H22N4O3S. The van der Waals surface area contributed by atoms with E-state index in [1.54, 1.807) is 37.6 Å². The van der Waals surface area contributed by atoms with Gasteiger partial charge in [0.25, 0.3) is 11.8 Å². The van der Waals surface area contributed by atoms with E-state index in [4.69, 9.17) is 4.74 Å². The normalized spacial score (nSPS) is 14.6. The lowest BCUT2D eigenvalue weighted by atomic mass is 10.0. The molecule has 0 atom stereocenters. The second-order valence-corrected chi connectivity index (χ2v) is 7.76. The van der Waals surface area contributed by atoms with Crippen LogP contribution in [0.15, 0.2) is 54.0 Å². The number of hydrogen-bond acceptors (Lipinski definition) is 5. The zero-order valence-corrected chi connectivity index (χ0v) is 16.9. The third-order valence-corrected chi connectivity index (χ3v) is 5.95. The van der Waals surface area contributed by atoms with Crippen LogP contribution in [0.1, 0.15) is 38.9 Å². The molecule has 29 heavy (non-hydrogen) atoms. The van der Waals surface area contributed by atoms with Crippen molar-refractivity contribution in [3.05, 3.63) is 64.5 Å². The summed E-state index contributed by atoms with van der Waals surface area (Å²) in [4.78, 5) is 27.9. The molecule has 8 heteroatoms. The number of carbonyl (C=O) groups excluding carboxylic acids is 2. The maximum atomic E-state index is 12.7. The molecule has 2 amide bonds. The van der Waals surface area contributed by atoms with Gasteiger partial charge in [-0.25, -0.2) is 4.68 Å². The largest absolute Gasteiger partial charge is 0.496 e. The summed E-state index contributed by atoms with van der Waals surface area (Å²) in [5.41, 5.74) is 0.471. The molecule has 3 heterocycles. The molecule has 0 radical (unpaired) electrons. The highest BCUT2D eigenvalue weighted by Crippen LogP contribution is 2.27. The van der Waals surface area contributed by atoms with E-state index in [0.29, 0.717) is 30.2 Å². The summed E-state index contributed by atoms with van der Waals surface area (Å²) in [6.07, 6.45) is 3.26. The van der Waals surface area contributed by atoms with E-state index in [0.717, 1.165) is 17.7 Å². The molecule has 1 N–H and O–H groups in total. The average Bonchev–Trinajstić information content (AvgIpc) is 3.45. The fourth-order valence-corrected chi connectivity index (χ4v) is 4.28. The molecule has 0 unspecified atom stereocenters. The molecule has 1 saturated heterocycles. The highest BCUT2D eigenvalue weighted by Gasteiger charge is 2.27. The van der Waals surface area contributed by atoms with Gasteiger partial charge in [-0.3, -0.25) is 9.59 Å². The average molecular weight is 410 g/mol. The van der Waals surface area contributed by atoms with Crippen LogP contribution in [0, 0.1) is 0 Å². The predicted octanol–water partition coefficient (Wildman–Crippen LogP) is 3.68. The van der Waals surface area contributed by atoms with Crippen molar-refractivity contribution in [2.45, 2.75) is 18.9 Å². The van der Waals surface area contributed by atoms with Crippen molar-refractivity contribution in [2.24, 2.45) is 0 Å². The number of carbonyl (C=O) groups is 2. The number of anilines is 1. The summed E-state index contributed by atoms with van der Waals surface area (Å²) < 4.78 is 7.12. The Hall–Kier alpha value is -3.13. The van der Waals surface area contributed by atoms with E-state index in [1.807, 2.05) is 33.2 Å². The van der Waals surface area contributed by atoms with Gasteiger partial charge in [0.1, 0.15) is 11.6 Å². The molecular weight excluding hydrogens is 388 g/mol. The third-order valence-electron chi connectivity index (χ3n) is 5.09. The number of rotatable bonds is 5. The third kappa shape index (κ3) is 4.02. The van der Waals surface area contributed by atoms with Gasteiger partial charge < -0.3 is 15.0 Å². The Kier molecular flexibility index (Phi) is 5.62. The van der Waals surface area contributed by atoms with Crippen LogP contribution in [0.25, 0.3) is 0 Å². The van der Waals surface area contributed by atoms with E-state index in [2.05, 4.69) is 10.4 Å². The van der Waals surface area contributed by atoms with Crippen LogP contribution in [0.4, 0.5) is 5.82 Å². The van der Waals surface area contributed by atoms with Gasteiger partial charge in [0.15, 0.2) is 0 Å². The van der Waals surface area contributed by atoms with Gasteiger partial charge >= 0.3 is 0 Å². The van der Waals surface area contributed by atoms with Gasteiger partial charge in [-0.05, 0) is 36.4 Å². The zero-order valence-electron chi connectivity index (χ0n) is 16.1. The van der Waals surface area contributed by atoms with Crippen molar-refractivity contribution in [3.8, 4) is 5.75 Å². The Morgan fingerprint density at radius 1 is 1.14 bits per heavy atom. The minimum absolute atomic E-state index is 0.0867. The minimum atomic E-state index is -0.241. The first-order valence-corrected chi connectivity index (χ1v) is 10.4. The van der Waals surface area contributed by atoms with Crippen LogP contribution < -0.4 is 10.1 Å². The van der Waals surface area contributed by atoms with E-state index in [-0.39, 0.29) is 17.9 Å². The SMILES string of the molecule is COc1ccccc1C(=O)Nc1ccnn1C1CCN(C(=O)c2cccs2)CC1. The number of hydrogen-bond donors (Lipinski definition) is 1. The van der Waals surface area contributed by atoms with E-state index < -0.39 is 0 Å². The summed E-state index contributed by atoms with van der Waals surface area (Å²) in [7, 11) is 1.54. The van der Waals surface area contributed by atoms with Gasteiger partial charge in [0, 0.05) is 19.2 Å². The number of methoxy groups -OCH3 is 1. The van der Waals surface area contributed by atoms with Crippen LogP contribution in [0.3, 0.4) is 0 Å². The van der Waals surface area contributed by atoms with Crippen LogP contribution in [-0.4, -0.2) is 46.7 Å². The summed E-state index contributed by atoms with van der Waals surface area (Å²) in [5.74, 6) is 1.01. The van der Waals surface area contributed by atoms with Crippen molar-refractivity contribution in [2.75, 3.05) is 25.5 Å². The van der Waals surface area contributed by atoms with Gasteiger partial charge in [-0.2, -0.15) is 5.10 Å². The second kappa shape index (κ2) is 8.48. The molecule has 0 spiro atoms. The van der Waals surface area contributed by atoms with Gasteiger partial charge in [-0.1, -0.05) is 18.2 Å². The van der Waals surface area contributed by atoms with Crippen molar-refractivity contribution >= 4 is 29.0 Å². The number of aromatic nitrogens is 2. The molecule has 1 aliphatic rings. The van der Waals surface area contributed by atoms with Crippen LogP contribution in [0.5, 0.6) is 5.75 Å². The summed E-state index contributed by atoms with van der Waals surface area (Å²) in [6, 6.07) is 12.8. The molecule has 1 fully saturated rings. The van der Waals surface area contributed by atoms with Crippen LogP contribution in [0.2, 0.25) is 0 Å². The Morgan fingerprint density at radius 3 is 2.66 bits per heavy atom. The second-order valence-electron chi connectivity index (χ2n) is 6.82. The number of ether oxygens (including phenoxy) is 1. The zero-order chi connectivity index (χ0) is 20.2. The number of nitrogens with one attached hydrogen (secondary N) is 1. The molecule has 4 rings (SSSR count). The highest BCUT2D eigenvalue weighted by molar-refractivity contribution is 7.12. The molecule has 0 aliphatic carbocycles. The first-order valence-electron chi connectivity index (χ1n) is 9.48. The van der Waals surface area contributed by atoms with E-state index >= 15 is 0 Å². The van der Waals surface area contributed by atoms with Crippen molar-refractivity contribution in [1.82, 2.24) is 14.7 Å². The lowest BCUT2D eigenvalue weighted by molar-refractivity contribution is 0.0696. The Morgan fingerprint density at radius 2 is 1.93 bits per heavy atom. The molecule has 7 nitrogen and oxygen atoms in total. The van der Waals surface area contributed by atoms with Gasteiger partial charge in [0.05, 0.1) is 29.8 Å². The quantitative estimate of drug-likeness (QED) is 0.696. The van der Waals surface area contributed by atoms with Gasteiger partial charge in [-0.15, -0.1) is 11.3 Å². The monoisotopic (exact) mass is 410 g/mol. The maximum absolute atomic E-state index is 12.7. The fraction of sp³-hybridized carbons (Fsp3) is 0.286. The Balaban J connectivity index is 1.42. The molecule has 1 aromatic carbocycles. The number of likely N-dealkylation sites (tertiary alicyclic amines) is 1. The van der Waals surface area contributed by atoms with Crippen LogP contribution in [-0.2, 0) is 0 Å². The Labute approximate surface area is 172 Å². The molecule has 1 aliphatic heterocycles. The molecule has 3 aromatic rings. The molecule has 150 valence electrons. The smallest absolute Gasteiger partial charge is 0.263 e. The fourth-order valence-electron chi connectivity index (χ4n) is 3.59. The number of piperidine rings is 1. The molecule has 0 saturated carbocycles. The lowest BCUT2D eigenvalue weighted by Crippen LogP contribution is -2.39. The summed E-state index contributed by atoms with van der Waals surface area (Å²) in [6.45, 7) is 1.34. The number of amides is 2. The predicted molar refractivity (Wildman–Crippen MR) is 112 cm³/mol. The molecule has 0 bridgehead atoms. The minimum Gasteiger partial charge on any atom is -0.496 e. The number of nitrogens with zero attached hydrogens (tertiary/aromatic N) is 3. The topological polar surface area (TPSA) is 76.5 Å². The first kappa shape index (κ1) is 19.2. The van der Waals surface area contributed by atoms with Crippen molar-refractivity contribution < 1.29 is 14.3 Å². The standard InChI is InChI=1S/C21H22N4O3S/c1-28-17-6-3-2-5-16(17)20(26)23-19-8-11-22-25(19)15-9-12-24(13-10-15)21(27)18-7-4-14-29-18/h2-8,11,14-15H,9-10,12-13H2,1H3,(H,23,26). The number of para-hydroxylation sites is 1. The van der Waals surface area contributed by atoms with Crippen LogP contribution >= 0.6 is 11.3 Å². The van der Waals surface area contributed by atoms with E-state index in [9.17, 15) is 9.59 Å². The Bertz CT molecular complexity index is 991. The molecule has 2 aromatic heterocycles. The summed E-state index contributed by atoms with van der Waals surface area (Å²) >= 11 is 1.47. The number of benzene rings is 1. The first-order chi connectivity index (χ1) is 14.2. The number of thiophene rings is 1. The van der Waals surface area contributed by atoms with Crippen molar-refractivity contribution in [3.63, 3.8) is 0 Å².